The largest absolute Gasteiger partial charge is 0.106 e. The molecule has 0 unspecified atom stereocenters. The zero-order valence-corrected chi connectivity index (χ0v) is 7.54. The fourth-order valence-corrected chi connectivity index (χ4v) is 0. The van der Waals surface area contributed by atoms with Crippen molar-refractivity contribution in [1.29, 1.82) is 0 Å². The first-order valence-electron chi connectivity index (χ1n) is 3.41. The smallest absolute Gasteiger partial charge is 0.0590 e. The van der Waals surface area contributed by atoms with Crippen LogP contribution < -0.4 is 0 Å². The van der Waals surface area contributed by atoms with Gasteiger partial charge in [0.15, 0.2) is 0 Å². The SMILES string of the molecule is C.C=C.C=C.CC.CCC. The third-order valence-corrected chi connectivity index (χ3v) is 0. The average molecular weight is 146 g/mol. The third-order valence-electron chi connectivity index (χ3n) is 0. The minimum absolute atomic E-state index is 0. The standard InChI is InChI=1S/C3H8.C2H6.2C2H4.CH4/c1-3-2;3*1-2;/h3H2,1-2H3;1-2H3;2*1-2H2;1H4. The van der Waals surface area contributed by atoms with Crippen LogP contribution in [0.5, 0.6) is 0 Å². The predicted molar refractivity (Wildman–Crippen MR) is 56.6 cm³/mol. The van der Waals surface area contributed by atoms with Crippen LogP contribution in [0.4, 0.5) is 0 Å². The van der Waals surface area contributed by atoms with Gasteiger partial charge in [0, 0.05) is 0 Å². The van der Waals surface area contributed by atoms with Crippen molar-refractivity contribution in [3.63, 3.8) is 0 Å². The Morgan fingerprint density at radius 1 is 0.800 bits per heavy atom. The lowest BCUT2D eigenvalue weighted by molar-refractivity contribution is 1.09. The van der Waals surface area contributed by atoms with Gasteiger partial charge in [-0.3, -0.25) is 0 Å². The summed E-state index contributed by atoms with van der Waals surface area (Å²) in [4.78, 5) is 0. The van der Waals surface area contributed by atoms with Gasteiger partial charge in [0.2, 0.25) is 0 Å². The van der Waals surface area contributed by atoms with Crippen molar-refractivity contribution in [2.45, 2.75) is 41.5 Å². The highest BCUT2D eigenvalue weighted by Gasteiger charge is 1.35. The zero-order valence-electron chi connectivity index (χ0n) is 7.54. The van der Waals surface area contributed by atoms with E-state index in [4.69, 9.17) is 0 Å². The Labute approximate surface area is 68.7 Å². The van der Waals surface area contributed by atoms with E-state index < -0.39 is 0 Å². The van der Waals surface area contributed by atoms with E-state index in [1.807, 2.05) is 13.8 Å². The van der Waals surface area contributed by atoms with Crippen LogP contribution in [0.3, 0.4) is 0 Å². The highest BCUT2D eigenvalue weighted by atomic mass is 13.4. The number of rotatable bonds is 0. The summed E-state index contributed by atoms with van der Waals surface area (Å²) in [6, 6.07) is 0. The van der Waals surface area contributed by atoms with Gasteiger partial charge in [-0.15, -0.1) is 26.3 Å². The first-order valence-corrected chi connectivity index (χ1v) is 3.41. The second-order valence-corrected chi connectivity index (χ2v) is 0.707. The van der Waals surface area contributed by atoms with E-state index >= 15 is 0 Å². The Bertz CT molecular complexity index is 7.51. The molecule has 0 fully saturated rings. The quantitative estimate of drug-likeness (QED) is 0.435. The fourth-order valence-electron chi connectivity index (χ4n) is 0. The van der Waals surface area contributed by atoms with Crippen LogP contribution in [0, 0.1) is 0 Å². The molecule has 0 aliphatic carbocycles. The lowest BCUT2D eigenvalue weighted by Gasteiger charge is -1.48. The van der Waals surface area contributed by atoms with Gasteiger partial charge in [-0.1, -0.05) is 41.5 Å². The first-order chi connectivity index (χ1) is 4.41. The molecule has 0 aromatic rings. The molecule has 0 saturated heterocycles. The number of hydrogen-bond acceptors (Lipinski definition) is 0. The Kier molecular flexibility index (Phi) is 6990. The van der Waals surface area contributed by atoms with Gasteiger partial charge in [-0.2, -0.15) is 0 Å². The van der Waals surface area contributed by atoms with E-state index in [9.17, 15) is 0 Å². The third kappa shape index (κ3) is 1160. The Balaban J connectivity index is -0.0000000110. The fraction of sp³-hybridized carbons (Fsp3) is 0.600. The summed E-state index contributed by atoms with van der Waals surface area (Å²) < 4.78 is 0. The van der Waals surface area contributed by atoms with Crippen molar-refractivity contribution in [1.82, 2.24) is 0 Å². The van der Waals surface area contributed by atoms with Crippen LogP contribution >= 0.6 is 0 Å². The lowest BCUT2D eigenvalue weighted by Crippen LogP contribution is -1.27. The summed E-state index contributed by atoms with van der Waals surface area (Å²) in [6.07, 6.45) is 1.25. The summed E-state index contributed by atoms with van der Waals surface area (Å²) >= 11 is 0. The van der Waals surface area contributed by atoms with Crippen molar-refractivity contribution >= 4 is 0 Å². The van der Waals surface area contributed by atoms with Crippen LogP contribution in [0.15, 0.2) is 26.3 Å². The van der Waals surface area contributed by atoms with Crippen molar-refractivity contribution in [2.75, 3.05) is 0 Å². The molecule has 0 radical (unpaired) electrons. The van der Waals surface area contributed by atoms with Gasteiger partial charge in [-0.05, 0) is 0 Å². The summed E-state index contributed by atoms with van der Waals surface area (Å²) in [5.74, 6) is 0. The molecule has 66 valence electrons. The zero-order chi connectivity index (χ0) is 8.71. The lowest BCUT2D eigenvalue weighted by atomic mass is 10.6. The van der Waals surface area contributed by atoms with Gasteiger partial charge < -0.3 is 0 Å². The Morgan fingerprint density at radius 3 is 0.800 bits per heavy atom. The molecule has 0 rings (SSSR count). The summed E-state index contributed by atoms with van der Waals surface area (Å²) in [6.45, 7) is 20.2. The molecule has 0 nitrogen and oxygen atoms in total. The molecule has 0 amide bonds. The molecular weight excluding hydrogens is 120 g/mol. The summed E-state index contributed by atoms with van der Waals surface area (Å²) in [5.41, 5.74) is 0. The molecule has 10 heavy (non-hydrogen) atoms. The highest BCUT2D eigenvalue weighted by Crippen LogP contribution is 1.56. The van der Waals surface area contributed by atoms with E-state index in [-0.39, 0.29) is 7.43 Å². The van der Waals surface area contributed by atoms with E-state index in [0.717, 1.165) is 0 Å². The van der Waals surface area contributed by atoms with Gasteiger partial charge >= 0.3 is 0 Å². The van der Waals surface area contributed by atoms with E-state index in [1.165, 1.54) is 6.42 Å². The van der Waals surface area contributed by atoms with Gasteiger partial charge in [0.05, 0.1) is 0 Å². The average Bonchev–Trinajstić information content (AvgIpc) is 2.01. The van der Waals surface area contributed by atoms with Crippen LogP contribution in [0.1, 0.15) is 41.5 Å². The van der Waals surface area contributed by atoms with Crippen LogP contribution in [-0.2, 0) is 0 Å². The van der Waals surface area contributed by atoms with Crippen LogP contribution in [0.25, 0.3) is 0 Å². The summed E-state index contributed by atoms with van der Waals surface area (Å²) in [5, 5.41) is 0. The molecule has 0 spiro atoms. The molecule has 0 heterocycles. The van der Waals surface area contributed by atoms with E-state index in [1.54, 1.807) is 0 Å². The Hall–Kier alpha value is -0.520. The predicted octanol–water partition coefficient (Wildman–Crippen LogP) is 4.68. The van der Waals surface area contributed by atoms with E-state index in [2.05, 4.69) is 40.2 Å². The maximum absolute atomic E-state index is 3.00. The molecule has 0 bridgehead atoms. The second-order valence-electron chi connectivity index (χ2n) is 0.707. The van der Waals surface area contributed by atoms with Gasteiger partial charge in [0.1, 0.15) is 0 Å². The molecule has 0 aromatic heterocycles. The van der Waals surface area contributed by atoms with E-state index in [0.29, 0.717) is 0 Å². The van der Waals surface area contributed by atoms with Crippen molar-refractivity contribution in [3.8, 4) is 0 Å². The van der Waals surface area contributed by atoms with Crippen LogP contribution in [-0.4, -0.2) is 0 Å². The normalized spacial score (nSPS) is 3.20. The minimum Gasteiger partial charge on any atom is -0.106 e. The van der Waals surface area contributed by atoms with Crippen molar-refractivity contribution in [3.05, 3.63) is 26.3 Å². The molecule has 0 aliphatic rings. The molecule has 0 aliphatic heterocycles. The molecule has 0 atom stereocenters. The summed E-state index contributed by atoms with van der Waals surface area (Å²) in [7, 11) is 0. The topological polar surface area (TPSA) is 0 Å². The van der Waals surface area contributed by atoms with Gasteiger partial charge in [-0.25, -0.2) is 0 Å². The van der Waals surface area contributed by atoms with Crippen LogP contribution in [0.2, 0.25) is 0 Å². The number of hydrogen-bond donors (Lipinski definition) is 0. The second kappa shape index (κ2) is 2060. The maximum Gasteiger partial charge on any atom is -0.0590 e. The van der Waals surface area contributed by atoms with Gasteiger partial charge in [0.25, 0.3) is 0 Å². The monoisotopic (exact) mass is 146 g/mol. The molecule has 0 aromatic carbocycles. The highest BCUT2D eigenvalue weighted by molar-refractivity contribution is 4.22. The van der Waals surface area contributed by atoms with Crippen molar-refractivity contribution in [2.24, 2.45) is 0 Å². The minimum atomic E-state index is 0. The molecule has 0 heteroatoms. The van der Waals surface area contributed by atoms with Crippen molar-refractivity contribution < 1.29 is 0 Å². The first kappa shape index (κ1) is 34.0. The Morgan fingerprint density at radius 2 is 0.800 bits per heavy atom. The maximum atomic E-state index is 3.00. The molecule has 0 saturated carbocycles. The molecule has 0 N–H and O–H groups in total. The molecular formula is C10H26.